The lowest BCUT2D eigenvalue weighted by Gasteiger charge is -2.35. The number of amides is 2. The number of piperazine rings is 1. The van der Waals surface area contributed by atoms with Gasteiger partial charge >= 0.3 is 6.03 Å². The van der Waals surface area contributed by atoms with Gasteiger partial charge in [-0.05, 0) is 31.0 Å². The van der Waals surface area contributed by atoms with Gasteiger partial charge in [0.25, 0.3) is 0 Å². The standard InChI is InChI=1S/C21H28N6O3/c1-29-17-6-5-16(15-18(17)30-2)23-21(28)27-13-11-25(12-14-27)19-7-8-22-20(24-19)26-9-3-4-10-26/h5-8,15H,3-4,9-14H2,1-2H3,(H,23,28). The van der Waals surface area contributed by atoms with Gasteiger partial charge in [-0.1, -0.05) is 0 Å². The second-order valence-electron chi connectivity index (χ2n) is 7.38. The smallest absolute Gasteiger partial charge is 0.321 e. The van der Waals surface area contributed by atoms with Crippen molar-refractivity contribution >= 4 is 23.5 Å². The van der Waals surface area contributed by atoms with E-state index in [2.05, 4.69) is 20.1 Å². The van der Waals surface area contributed by atoms with Crippen LogP contribution in [0.1, 0.15) is 12.8 Å². The summed E-state index contributed by atoms with van der Waals surface area (Å²) in [5, 5.41) is 2.94. The Morgan fingerprint density at radius 2 is 1.67 bits per heavy atom. The van der Waals surface area contributed by atoms with Crippen molar-refractivity contribution in [1.82, 2.24) is 14.9 Å². The summed E-state index contributed by atoms with van der Waals surface area (Å²) in [5.74, 6) is 2.94. The van der Waals surface area contributed by atoms with Crippen molar-refractivity contribution in [3.8, 4) is 11.5 Å². The molecule has 4 rings (SSSR count). The summed E-state index contributed by atoms with van der Waals surface area (Å²) in [4.78, 5) is 28.1. The fraction of sp³-hybridized carbons (Fsp3) is 0.476. The zero-order valence-electron chi connectivity index (χ0n) is 17.5. The van der Waals surface area contributed by atoms with Crippen molar-refractivity contribution < 1.29 is 14.3 Å². The van der Waals surface area contributed by atoms with Gasteiger partial charge in [0.05, 0.1) is 14.2 Å². The van der Waals surface area contributed by atoms with Crippen LogP contribution in [-0.2, 0) is 0 Å². The predicted octanol–water partition coefficient (Wildman–Crippen LogP) is 2.45. The minimum absolute atomic E-state index is 0.123. The van der Waals surface area contributed by atoms with Crippen LogP contribution >= 0.6 is 0 Å². The molecule has 2 amide bonds. The first-order valence-corrected chi connectivity index (χ1v) is 10.3. The van der Waals surface area contributed by atoms with Gasteiger partial charge in [0, 0.05) is 57.2 Å². The molecular weight excluding hydrogens is 384 g/mol. The molecule has 9 heteroatoms. The van der Waals surface area contributed by atoms with Crippen LogP contribution in [-0.4, -0.2) is 74.4 Å². The summed E-state index contributed by atoms with van der Waals surface area (Å²) in [6, 6.07) is 7.16. The fourth-order valence-electron chi connectivity index (χ4n) is 3.84. The number of benzene rings is 1. The molecule has 9 nitrogen and oxygen atoms in total. The van der Waals surface area contributed by atoms with Crippen LogP contribution in [0.5, 0.6) is 11.5 Å². The fourth-order valence-corrected chi connectivity index (χ4v) is 3.84. The first kappa shape index (κ1) is 20.1. The molecule has 1 N–H and O–H groups in total. The third-order valence-electron chi connectivity index (χ3n) is 5.54. The Morgan fingerprint density at radius 3 is 2.37 bits per heavy atom. The van der Waals surface area contributed by atoms with Crippen LogP contribution in [0.15, 0.2) is 30.5 Å². The second-order valence-corrected chi connectivity index (χ2v) is 7.38. The monoisotopic (exact) mass is 412 g/mol. The maximum atomic E-state index is 12.7. The molecule has 0 bridgehead atoms. The van der Waals surface area contributed by atoms with E-state index in [9.17, 15) is 4.79 Å². The number of hydrogen-bond donors (Lipinski definition) is 1. The number of ether oxygens (including phenoxy) is 2. The molecule has 2 aliphatic rings. The molecule has 3 heterocycles. The Balaban J connectivity index is 1.34. The third-order valence-corrected chi connectivity index (χ3v) is 5.54. The first-order valence-electron chi connectivity index (χ1n) is 10.3. The quantitative estimate of drug-likeness (QED) is 0.808. The number of nitrogens with zero attached hydrogens (tertiary/aromatic N) is 5. The molecule has 0 unspecified atom stereocenters. The Bertz CT molecular complexity index is 879. The van der Waals surface area contributed by atoms with Gasteiger partial charge in [-0.15, -0.1) is 0 Å². The molecule has 1 aromatic heterocycles. The van der Waals surface area contributed by atoms with Gasteiger partial charge in [-0.25, -0.2) is 9.78 Å². The highest BCUT2D eigenvalue weighted by atomic mass is 16.5. The van der Waals surface area contributed by atoms with E-state index in [1.165, 1.54) is 12.8 Å². The van der Waals surface area contributed by atoms with E-state index in [-0.39, 0.29) is 6.03 Å². The highest BCUT2D eigenvalue weighted by Gasteiger charge is 2.23. The SMILES string of the molecule is COc1ccc(NC(=O)N2CCN(c3ccnc(N4CCCC4)n3)CC2)cc1OC. The largest absolute Gasteiger partial charge is 0.493 e. The van der Waals surface area contributed by atoms with Crippen LogP contribution in [0, 0.1) is 0 Å². The average molecular weight is 412 g/mol. The van der Waals surface area contributed by atoms with Crippen LogP contribution in [0.3, 0.4) is 0 Å². The summed E-state index contributed by atoms with van der Waals surface area (Å²) in [6.45, 7) is 4.76. The number of carbonyl (C=O) groups is 1. The lowest BCUT2D eigenvalue weighted by Crippen LogP contribution is -2.50. The van der Waals surface area contributed by atoms with Crippen LogP contribution in [0.4, 0.5) is 22.2 Å². The summed E-state index contributed by atoms with van der Waals surface area (Å²) >= 11 is 0. The summed E-state index contributed by atoms with van der Waals surface area (Å²) in [7, 11) is 3.16. The van der Waals surface area contributed by atoms with E-state index in [4.69, 9.17) is 14.5 Å². The minimum atomic E-state index is -0.123. The predicted molar refractivity (Wildman–Crippen MR) is 116 cm³/mol. The van der Waals surface area contributed by atoms with Gasteiger partial charge in [-0.2, -0.15) is 4.98 Å². The Labute approximate surface area is 176 Å². The average Bonchev–Trinajstić information content (AvgIpc) is 3.34. The number of urea groups is 1. The Hall–Kier alpha value is -3.23. The van der Waals surface area contributed by atoms with Crippen molar-refractivity contribution in [2.75, 3.05) is 68.6 Å². The van der Waals surface area contributed by atoms with E-state index in [1.807, 2.05) is 17.2 Å². The molecule has 0 spiro atoms. The number of methoxy groups -OCH3 is 2. The van der Waals surface area contributed by atoms with E-state index in [0.29, 0.717) is 30.3 Å². The maximum Gasteiger partial charge on any atom is 0.321 e. The van der Waals surface area contributed by atoms with E-state index >= 15 is 0 Å². The van der Waals surface area contributed by atoms with Gasteiger partial charge in [0.15, 0.2) is 11.5 Å². The lowest BCUT2D eigenvalue weighted by molar-refractivity contribution is 0.208. The number of aromatic nitrogens is 2. The topological polar surface area (TPSA) is 83.1 Å². The van der Waals surface area contributed by atoms with E-state index < -0.39 is 0 Å². The first-order chi connectivity index (χ1) is 14.7. The van der Waals surface area contributed by atoms with Crippen LogP contribution < -0.4 is 24.6 Å². The van der Waals surface area contributed by atoms with Crippen LogP contribution in [0.2, 0.25) is 0 Å². The number of carbonyl (C=O) groups excluding carboxylic acids is 1. The van der Waals surface area contributed by atoms with Gasteiger partial charge in [0.1, 0.15) is 5.82 Å². The van der Waals surface area contributed by atoms with E-state index in [0.717, 1.165) is 37.9 Å². The lowest BCUT2D eigenvalue weighted by atomic mass is 10.2. The van der Waals surface area contributed by atoms with Gasteiger partial charge in [-0.3, -0.25) is 0 Å². The minimum Gasteiger partial charge on any atom is -0.493 e. The number of rotatable bonds is 5. The number of nitrogens with one attached hydrogen (secondary N) is 1. The molecular formula is C21H28N6O3. The van der Waals surface area contributed by atoms with Crippen molar-refractivity contribution in [2.24, 2.45) is 0 Å². The maximum absolute atomic E-state index is 12.7. The second kappa shape index (κ2) is 9.06. The zero-order chi connectivity index (χ0) is 20.9. The molecule has 1 aromatic carbocycles. The summed E-state index contributed by atoms with van der Waals surface area (Å²) in [5.41, 5.74) is 0.672. The van der Waals surface area contributed by atoms with Crippen molar-refractivity contribution in [1.29, 1.82) is 0 Å². The highest BCUT2D eigenvalue weighted by Crippen LogP contribution is 2.30. The number of anilines is 3. The third kappa shape index (κ3) is 4.34. The van der Waals surface area contributed by atoms with Gasteiger partial charge < -0.3 is 29.5 Å². The van der Waals surface area contributed by atoms with Crippen molar-refractivity contribution in [3.05, 3.63) is 30.5 Å². The molecule has 160 valence electrons. The highest BCUT2D eigenvalue weighted by molar-refractivity contribution is 5.90. The molecule has 30 heavy (non-hydrogen) atoms. The molecule has 2 saturated heterocycles. The molecule has 0 saturated carbocycles. The molecule has 2 aliphatic heterocycles. The molecule has 0 aliphatic carbocycles. The summed E-state index contributed by atoms with van der Waals surface area (Å²) in [6.07, 6.45) is 4.22. The summed E-state index contributed by atoms with van der Waals surface area (Å²) < 4.78 is 10.5. The Morgan fingerprint density at radius 1 is 0.933 bits per heavy atom. The molecule has 2 fully saturated rings. The van der Waals surface area contributed by atoms with Crippen molar-refractivity contribution in [2.45, 2.75) is 12.8 Å². The Kier molecular flexibility index (Phi) is 6.06. The zero-order valence-corrected chi connectivity index (χ0v) is 17.5. The molecule has 0 atom stereocenters. The van der Waals surface area contributed by atoms with Crippen molar-refractivity contribution in [3.63, 3.8) is 0 Å². The number of hydrogen-bond acceptors (Lipinski definition) is 7. The van der Waals surface area contributed by atoms with E-state index in [1.54, 1.807) is 32.4 Å². The molecule has 2 aromatic rings. The van der Waals surface area contributed by atoms with Crippen LogP contribution in [0.25, 0.3) is 0 Å². The normalized spacial score (nSPS) is 16.5. The van der Waals surface area contributed by atoms with Gasteiger partial charge in [0.2, 0.25) is 5.95 Å². The molecule has 0 radical (unpaired) electrons.